The summed E-state index contributed by atoms with van der Waals surface area (Å²) >= 11 is 5.80. The third-order valence-corrected chi connectivity index (χ3v) is 4.99. The van der Waals surface area contributed by atoms with Crippen LogP contribution < -0.4 is 0 Å². The molecule has 0 saturated carbocycles. The molecule has 2 aromatic carbocycles. The number of carbonyl (C=O) groups excluding carboxylic acids is 1. The standard InChI is InChI=1S/C13H7ClO3S/c14-8-5-6-10-12(7-8)18(16,17)11-4-2-1-3-9(11)13(10)15/h1-7H. The molecule has 0 radical (unpaired) electrons. The number of carbonyl (C=O) groups is 1. The molecule has 18 heavy (non-hydrogen) atoms. The van der Waals surface area contributed by atoms with E-state index in [1.165, 1.54) is 30.3 Å². The lowest BCUT2D eigenvalue weighted by atomic mass is 10.0. The Hall–Kier alpha value is -1.65. The number of hydrogen-bond acceptors (Lipinski definition) is 3. The van der Waals surface area contributed by atoms with E-state index < -0.39 is 9.84 Å². The average Bonchev–Trinajstić information content (AvgIpc) is 2.36. The smallest absolute Gasteiger partial charge is 0.208 e. The number of rotatable bonds is 0. The van der Waals surface area contributed by atoms with Gasteiger partial charge in [-0.2, -0.15) is 0 Å². The number of sulfone groups is 1. The SMILES string of the molecule is O=C1c2ccccc2S(=O)(=O)c2cc(Cl)ccc21. The van der Waals surface area contributed by atoms with Crippen LogP contribution in [0.1, 0.15) is 15.9 Å². The topological polar surface area (TPSA) is 51.2 Å². The van der Waals surface area contributed by atoms with Crippen LogP contribution in [0.3, 0.4) is 0 Å². The normalized spacial score (nSPS) is 15.9. The summed E-state index contributed by atoms with van der Waals surface area (Å²) in [5, 5.41) is 0.296. The number of fused-ring (bicyclic) bond motifs is 2. The van der Waals surface area contributed by atoms with Crippen molar-refractivity contribution in [2.24, 2.45) is 0 Å². The van der Waals surface area contributed by atoms with Crippen molar-refractivity contribution < 1.29 is 13.2 Å². The molecule has 0 amide bonds. The second-order valence-electron chi connectivity index (χ2n) is 3.97. The lowest BCUT2D eigenvalue weighted by molar-refractivity contribution is 0.103. The van der Waals surface area contributed by atoms with E-state index in [9.17, 15) is 13.2 Å². The van der Waals surface area contributed by atoms with Gasteiger partial charge < -0.3 is 0 Å². The molecule has 0 atom stereocenters. The molecule has 3 nitrogen and oxygen atoms in total. The summed E-state index contributed by atoms with van der Waals surface area (Å²) in [6.45, 7) is 0. The van der Waals surface area contributed by atoms with Crippen molar-refractivity contribution in [2.45, 2.75) is 9.79 Å². The summed E-state index contributed by atoms with van der Waals surface area (Å²) in [5.74, 6) is -0.285. The Kier molecular flexibility index (Phi) is 2.33. The molecule has 0 aliphatic carbocycles. The maximum Gasteiger partial charge on any atom is 0.208 e. The van der Waals surface area contributed by atoms with Gasteiger partial charge >= 0.3 is 0 Å². The fourth-order valence-corrected chi connectivity index (χ4v) is 3.97. The van der Waals surface area contributed by atoms with Gasteiger partial charge in [-0.3, -0.25) is 4.79 Å². The molecule has 3 rings (SSSR count). The zero-order valence-corrected chi connectivity index (χ0v) is 10.6. The van der Waals surface area contributed by atoms with Gasteiger partial charge in [0.25, 0.3) is 0 Å². The lowest BCUT2D eigenvalue weighted by Crippen LogP contribution is -2.19. The van der Waals surface area contributed by atoms with E-state index in [1.807, 2.05) is 0 Å². The monoisotopic (exact) mass is 278 g/mol. The highest BCUT2D eigenvalue weighted by Gasteiger charge is 2.34. The number of hydrogen-bond donors (Lipinski definition) is 0. The molecule has 0 saturated heterocycles. The van der Waals surface area contributed by atoms with Crippen molar-refractivity contribution in [3.05, 3.63) is 58.6 Å². The highest BCUT2D eigenvalue weighted by molar-refractivity contribution is 7.91. The molecule has 1 aliphatic heterocycles. The molecule has 0 bridgehead atoms. The van der Waals surface area contributed by atoms with Gasteiger partial charge in [-0.1, -0.05) is 23.7 Å². The van der Waals surface area contributed by atoms with Gasteiger partial charge in [0.2, 0.25) is 9.84 Å². The maximum absolute atomic E-state index is 12.4. The summed E-state index contributed by atoms with van der Waals surface area (Å²) < 4.78 is 24.8. The van der Waals surface area contributed by atoms with Gasteiger partial charge in [-0.15, -0.1) is 0 Å². The first-order chi connectivity index (χ1) is 8.51. The van der Waals surface area contributed by atoms with Crippen LogP contribution in [0.5, 0.6) is 0 Å². The Morgan fingerprint density at radius 3 is 2.33 bits per heavy atom. The van der Waals surface area contributed by atoms with E-state index in [1.54, 1.807) is 12.1 Å². The van der Waals surface area contributed by atoms with Crippen molar-refractivity contribution in [2.75, 3.05) is 0 Å². The highest BCUT2D eigenvalue weighted by Crippen LogP contribution is 2.35. The molecule has 1 heterocycles. The Morgan fingerprint density at radius 2 is 1.56 bits per heavy atom. The van der Waals surface area contributed by atoms with Gasteiger partial charge in [0.15, 0.2) is 5.78 Å². The predicted molar refractivity (Wildman–Crippen MR) is 66.8 cm³/mol. The zero-order valence-electron chi connectivity index (χ0n) is 9.05. The minimum Gasteiger partial charge on any atom is -0.289 e. The minimum absolute atomic E-state index is 0.0151. The number of ketones is 1. The average molecular weight is 279 g/mol. The molecule has 0 unspecified atom stereocenters. The van der Waals surface area contributed by atoms with Gasteiger partial charge in [0.1, 0.15) is 0 Å². The summed E-state index contributed by atoms with van der Waals surface area (Å²) in [5.41, 5.74) is 0.394. The molecular weight excluding hydrogens is 272 g/mol. The molecule has 0 N–H and O–H groups in total. The van der Waals surface area contributed by atoms with Gasteiger partial charge in [-0.05, 0) is 30.3 Å². The molecule has 0 fully saturated rings. The van der Waals surface area contributed by atoms with E-state index in [0.717, 1.165) is 0 Å². The number of halogens is 1. The van der Waals surface area contributed by atoms with Crippen molar-refractivity contribution in [3.63, 3.8) is 0 Å². The van der Waals surface area contributed by atoms with Crippen LogP contribution in [0.15, 0.2) is 52.3 Å². The van der Waals surface area contributed by atoms with Crippen LogP contribution in [0.2, 0.25) is 5.02 Å². The molecular formula is C13H7ClO3S. The van der Waals surface area contributed by atoms with E-state index >= 15 is 0 Å². The summed E-state index contributed by atoms with van der Waals surface area (Å²) in [6.07, 6.45) is 0. The Bertz CT molecular complexity index is 779. The largest absolute Gasteiger partial charge is 0.289 e. The highest BCUT2D eigenvalue weighted by atomic mass is 35.5. The minimum atomic E-state index is -3.66. The summed E-state index contributed by atoms with van der Waals surface area (Å²) in [4.78, 5) is 12.2. The van der Waals surface area contributed by atoms with E-state index in [4.69, 9.17) is 11.6 Å². The fraction of sp³-hybridized carbons (Fsp3) is 0. The molecule has 0 aromatic heterocycles. The van der Waals surface area contributed by atoms with E-state index in [-0.39, 0.29) is 26.7 Å². The van der Waals surface area contributed by atoms with Crippen molar-refractivity contribution in [1.82, 2.24) is 0 Å². The molecule has 90 valence electrons. The van der Waals surface area contributed by atoms with Gasteiger partial charge in [0.05, 0.1) is 9.79 Å². The maximum atomic E-state index is 12.4. The van der Waals surface area contributed by atoms with Crippen LogP contribution in [-0.4, -0.2) is 14.2 Å². The second-order valence-corrected chi connectivity index (χ2v) is 6.29. The van der Waals surface area contributed by atoms with Crippen molar-refractivity contribution in [3.8, 4) is 0 Å². The van der Waals surface area contributed by atoms with Crippen LogP contribution in [0.4, 0.5) is 0 Å². The Labute approximate surface area is 109 Å². The van der Waals surface area contributed by atoms with Gasteiger partial charge in [-0.25, -0.2) is 8.42 Å². The molecule has 5 heteroatoms. The first kappa shape index (κ1) is 11.4. The molecule has 0 spiro atoms. The third kappa shape index (κ3) is 1.43. The zero-order chi connectivity index (χ0) is 12.9. The Balaban J connectivity index is 2.45. The molecule has 2 aromatic rings. The summed E-state index contributed by atoms with van der Waals surface area (Å²) in [6, 6.07) is 10.5. The first-order valence-corrected chi connectivity index (χ1v) is 7.06. The van der Waals surface area contributed by atoms with Crippen LogP contribution >= 0.6 is 11.6 Å². The van der Waals surface area contributed by atoms with Crippen LogP contribution in [0.25, 0.3) is 0 Å². The fourth-order valence-electron chi connectivity index (χ4n) is 2.06. The quantitative estimate of drug-likeness (QED) is 0.635. The van der Waals surface area contributed by atoms with Crippen LogP contribution in [-0.2, 0) is 9.84 Å². The van der Waals surface area contributed by atoms with E-state index in [2.05, 4.69) is 0 Å². The predicted octanol–water partition coefficient (Wildman–Crippen LogP) is 2.72. The number of benzene rings is 2. The van der Waals surface area contributed by atoms with E-state index in [0.29, 0.717) is 5.02 Å². The van der Waals surface area contributed by atoms with Crippen molar-refractivity contribution >= 4 is 27.2 Å². The first-order valence-electron chi connectivity index (χ1n) is 5.20. The Morgan fingerprint density at radius 1 is 0.889 bits per heavy atom. The lowest BCUT2D eigenvalue weighted by Gasteiger charge is -2.18. The third-order valence-electron chi connectivity index (χ3n) is 2.90. The molecule has 1 aliphatic rings. The van der Waals surface area contributed by atoms with Crippen molar-refractivity contribution in [1.29, 1.82) is 0 Å². The second kappa shape index (κ2) is 3.67. The van der Waals surface area contributed by atoms with Crippen LogP contribution in [0, 0.1) is 0 Å². The van der Waals surface area contributed by atoms with Gasteiger partial charge in [0, 0.05) is 16.1 Å². The summed E-state index contributed by atoms with van der Waals surface area (Å²) in [7, 11) is -3.66.